The molecule has 24 heavy (non-hydrogen) atoms. The summed E-state index contributed by atoms with van der Waals surface area (Å²) in [5.74, 6) is 0.0660. The second-order valence-corrected chi connectivity index (χ2v) is 7.13. The van der Waals surface area contributed by atoms with E-state index in [2.05, 4.69) is 36.8 Å². The summed E-state index contributed by atoms with van der Waals surface area (Å²) in [6.07, 6.45) is 6.32. The molecule has 0 bridgehead atoms. The molecule has 124 valence electrons. The molecule has 3 heteroatoms. The second-order valence-electron chi connectivity index (χ2n) is 5.17. The molecule has 0 saturated heterocycles. The van der Waals surface area contributed by atoms with Crippen molar-refractivity contribution in [1.29, 1.82) is 0 Å². The number of hydrogen-bond acceptors (Lipinski definition) is 3. The Kier molecular flexibility index (Phi) is 7.93. The molecule has 0 heterocycles. The van der Waals surface area contributed by atoms with Crippen LogP contribution >= 0.6 is 23.5 Å². The van der Waals surface area contributed by atoms with Gasteiger partial charge < -0.3 is 0 Å². The van der Waals surface area contributed by atoms with E-state index in [0.29, 0.717) is 0 Å². The zero-order valence-corrected chi connectivity index (χ0v) is 15.7. The molecular formula is C21H22OS2. The van der Waals surface area contributed by atoms with Crippen molar-refractivity contribution >= 4 is 29.3 Å². The van der Waals surface area contributed by atoms with Crippen LogP contribution in [0.2, 0.25) is 0 Å². The molecule has 2 aromatic rings. The molecule has 0 spiro atoms. The number of hydrogen-bond donors (Lipinski definition) is 0. The van der Waals surface area contributed by atoms with E-state index in [-0.39, 0.29) is 5.78 Å². The van der Waals surface area contributed by atoms with Crippen molar-refractivity contribution in [2.45, 2.75) is 36.5 Å². The monoisotopic (exact) mass is 354 g/mol. The van der Waals surface area contributed by atoms with Gasteiger partial charge in [-0.2, -0.15) is 0 Å². The standard InChI is InChI=1S/C21H22OS2/c1-3-5-15-23-19-11-7-17(8-12-19)21(22)18-9-13-20(14-10-18)24-16-6-4-2/h5-16H,3-4H2,1-2H3. The molecule has 0 aliphatic heterocycles. The van der Waals surface area contributed by atoms with Gasteiger partial charge in [-0.1, -0.05) is 49.5 Å². The Morgan fingerprint density at radius 3 is 1.46 bits per heavy atom. The topological polar surface area (TPSA) is 17.1 Å². The summed E-state index contributed by atoms with van der Waals surface area (Å²) in [6.45, 7) is 4.23. The van der Waals surface area contributed by atoms with Crippen molar-refractivity contribution in [2.75, 3.05) is 0 Å². The normalized spacial score (nSPS) is 11.4. The first kappa shape index (κ1) is 18.6. The van der Waals surface area contributed by atoms with Crippen LogP contribution in [0.25, 0.3) is 0 Å². The third-order valence-electron chi connectivity index (χ3n) is 3.31. The highest BCUT2D eigenvalue weighted by Crippen LogP contribution is 2.23. The van der Waals surface area contributed by atoms with Gasteiger partial charge in [-0.3, -0.25) is 4.79 Å². The molecule has 0 atom stereocenters. The highest BCUT2D eigenvalue weighted by Gasteiger charge is 2.08. The Morgan fingerprint density at radius 1 is 0.750 bits per heavy atom. The van der Waals surface area contributed by atoms with Crippen molar-refractivity contribution < 1.29 is 4.79 Å². The smallest absolute Gasteiger partial charge is 0.193 e. The Labute approximate surface area is 153 Å². The Balaban J connectivity index is 2.02. The number of benzene rings is 2. The van der Waals surface area contributed by atoms with Crippen LogP contribution in [0, 0.1) is 0 Å². The molecule has 0 amide bonds. The lowest BCUT2D eigenvalue weighted by atomic mass is 10.0. The summed E-state index contributed by atoms with van der Waals surface area (Å²) >= 11 is 3.34. The number of thioether (sulfide) groups is 2. The van der Waals surface area contributed by atoms with E-state index in [9.17, 15) is 4.79 Å². The molecule has 2 aromatic carbocycles. The van der Waals surface area contributed by atoms with E-state index < -0.39 is 0 Å². The second kappa shape index (κ2) is 10.2. The molecule has 0 aliphatic carbocycles. The lowest BCUT2D eigenvalue weighted by molar-refractivity contribution is 0.103. The van der Waals surface area contributed by atoms with Crippen LogP contribution in [0.5, 0.6) is 0 Å². The zero-order chi connectivity index (χ0) is 17.2. The first-order valence-corrected chi connectivity index (χ1v) is 9.88. The largest absolute Gasteiger partial charge is 0.289 e. The Bertz CT molecular complexity index is 636. The van der Waals surface area contributed by atoms with Crippen molar-refractivity contribution in [3.05, 3.63) is 82.6 Å². The molecule has 0 unspecified atom stereocenters. The molecule has 0 radical (unpaired) electrons. The third-order valence-corrected chi connectivity index (χ3v) is 5.05. The average Bonchev–Trinajstić information content (AvgIpc) is 2.63. The van der Waals surface area contributed by atoms with Crippen molar-refractivity contribution in [3.63, 3.8) is 0 Å². The minimum Gasteiger partial charge on any atom is -0.289 e. The summed E-state index contributed by atoms with van der Waals surface area (Å²) in [4.78, 5) is 14.8. The highest BCUT2D eigenvalue weighted by molar-refractivity contribution is 8.02. The van der Waals surface area contributed by atoms with Gasteiger partial charge in [0.05, 0.1) is 0 Å². The van der Waals surface area contributed by atoms with E-state index in [1.165, 1.54) is 0 Å². The number of carbonyl (C=O) groups is 1. The summed E-state index contributed by atoms with van der Waals surface area (Å²) < 4.78 is 0. The van der Waals surface area contributed by atoms with Crippen LogP contribution in [0.15, 0.2) is 81.3 Å². The number of allylic oxidation sites excluding steroid dienone is 2. The van der Waals surface area contributed by atoms with Gasteiger partial charge in [0.15, 0.2) is 5.78 Å². The summed E-state index contributed by atoms with van der Waals surface area (Å²) in [6, 6.07) is 15.6. The zero-order valence-electron chi connectivity index (χ0n) is 14.1. The van der Waals surface area contributed by atoms with Crippen molar-refractivity contribution in [3.8, 4) is 0 Å². The molecule has 0 N–H and O–H groups in total. The summed E-state index contributed by atoms with van der Waals surface area (Å²) in [7, 11) is 0. The minimum absolute atomic E-state index is 0.0660. The van der Waals surface area contributed by atoms with Gasteiger partial charge in [0.25, 0.3) is 0 Å². The lowest BCUT2D eigenvalue weighted by Gasteiger charge is -2.04. The van der Waals surface area contributed by atoms with E-state index in [1.807, 2.05) is 48.5 Å². The minimum atomic E-state index is 0.0660. The van der Waals surface area contributed by atoms with Crippen LogP contribution in [-0.2, 0) is 0 Å². The van der Waals surface area contributed by atoms with Crippen LogP contribution in [0.1, 0.15) is 42.6 Å². The molecule has 1 nitrogen and oxygen atoms in total. The van der Waals surface area contributed by atoms with E-state index >= 15 is 0 Å². The van der Waals surface area contributed by atoms with Gasteiger partial charge in [-0.25, -0.2) is 0 Å². The van der Waals surface area contributed by atoms with E-state index in [1.54, 1.807) is 23.5 Å². The first-order chi connectivity index (χ1) is 11.7. The van der Waals surface area contributed by atoms with Crippen molar-refractivity contribution in [2.24, 2.45) is 0 Å². The lowest BCUT2D eigenvalue weighted by Crippen LogP contribution is -2.00. The van der Waals surface area contributed by atoms with Gasteiger partial charge in [-0.05, 0) is 72.2 Å². The fourth-order valence-corrected chi connectivity index (χ4v) is 3.46. The van der Waals surface area contributed by atoms with Gasteiger partial charge in [-0.15, -0.1) is 0 Å². The molecular weight excluding hydrogens is 332 g/mol. The first-order valence-electron chi connectivity index (χ1n) is 8.12. The average molecular weight is 355 g/mol. The van der Waals surface area contributed by atoms with E-state index in [0.717, 1.165) is 33.8 Å². The highest BCUT2D eigenvalue weighted by atomic mass is 32.2. The SMILES string of the molecule is CCC=CSc1ccc(C(=O)c2ccc(SC=CCC)cc2)cc1. The molecule has 0 aromatic heterocycles. The van der Waals surface area contributed by atoms with E-state index in [4.69, 9.17) is 0 Å². The maximum Gasteiger partial charge on any atom is 0.193 e. The fraction of sp³-hybridized carbons (Fsp3) is 0.190. The van der Waals surface area contributed by atoms with Crippen LogP contribution in [0.4, 0.5) is 0 Å². The van der Waals surface area contributed by atoms with Crippen LogP contribution in [-0.4, -0.2) is 5.78 Å². The van der Waals surface area contributed by atoms with Crippen molar-refractivity contribution in [1.82, 2.24) is 0 Å². The third kappa shape index (κ3) is 5.73. The number of carbonyl (C=O) groups excluding carboxylic acids is 1. The molecule has 0 fully saturated rings. The van der Waals surface area contributed by atoms with Gasteiger partial charge in [0, 0.05) is 20.9 Å². The Hall–Kier alpha value is -1.71. The van der Waals surface area contributed by atoms with Gasteiger partial charge in [0.2, 0.25) is 0 Å². The Morgan fingerprint density at radius 2 is 1.12 bits per heavy atom. The number of ketones is 1. The van der Waals surface area contributed by atoms with Crippen LogP contribution < -0.4 is 0 Å². The summed E-state index contributed by atoms with van der Waals surface area (Å²) in [5, 5.41) is 4.17. The quantitative estimate of drug-likeness (QED) is 0.377. The molecule has 0 aliphatic rings. The molecule has 0 saturated carbocycles. The summed E-state index contributed by atoms with van der Waals surface area (Å²) in [5.41, 5.74) is 1.45. The van der Waals surface area contributed by atoms with Crippen LogP contribution in [0.3, 0.4) is 0 Å². The van der Waals surface area contributed by atoms with Gasteiger partial charge in [0.1, 0.15) is 0 Å². The predicted molar refractivity (Wildman–Crippen MR) is 107 cm³/mol. The fourth-order valence-electron chi connectivity index (χ4n) is 1.98. The molecule has 2 rings (SSSR count). The van der Waals surface area contributed by atoms with Gasteiger partial charge >= 0.3 is 0 Å². The maximum absolute atomic E-state index is 12.5. The predicted octanol–water partition coefficient (Wildman–Crippen LogP) is 6.95. The number of rotatable bonds is 8. The maximum atomic E-state index is 12.5.